The molecule has 2 nitrogen and oxygen atoms in total. The molecule has 0 rings (SSSR count). The Hall–Kier alpha value is -0.840. The summed E-state index contributed by atoms with van der Waals surface area (Å²) >= 11 is 0. The van der Waals surface area contributed by atoms with Gasteiger partial charge in [0.25, 0.3) is 0 Å². The Morgan fingerprint density at radius 1 is 1.75 bits per heavy atom. The van der Waals surface area contributed by atoms with E-state index in [9.17, 15) is 0 Å². The second-order valence-electron chi connectivity index (χ2n) is 2.40. The van der Waals surface area contributed by atoms with Gasteiger partial charge in [0.15, 0.2) is 0 Å². The van der Waals surface area contributed by atoms with Gasteiger partial charge in [0.2, 0.25) is 0 Å². The van der Waals surface area contributed by atoms with Crippen molar-refractivity contribution >= 4 is 6.21 Å². The molecule has 0 amide bonds. The predicted molar refractivity (Wildman–Crippen MR) is 32.8 cm³/mol. The van der Waals surface area contributed by atoms with E-state index in [0.29, 0.717) is 6.42 Å². The molecule has 44 valence electrons. The Morgan fingerprint density at radius 3 is 2.38 bits per heavy atom. The first-order chi connectivity index (χ1) is 3.62. The Morgan fingerprint density at radius 2 is 2.25 bits per heavy atom. The third-order valence-corrected chi connectivity index (χ3v) is 0.915. The topological polar surface area (TPSA) is 47.6 Å². The fraction of sp³-hybridized carbons (Fsp3) is 0.667. The van der Waals surface area contributed by atoms with E-state index < -0.39 is 0 Å². The van der Waals surface area contributed by atoms with Crippen molar-refractivity contribution < 1.29 is 0 Å². The second kappa shape index (κ2) is 2.46. The molecule has 0 spiro atoms. The van der Waals surface area contributed by atoms with Crippen molar-refractivity contribution in [2.45, 2.75) is 20.3 Å². The molecule has 0 aromatic rings. The lowest BCUT2D eigenvalue weighted by Crippen LogP contribution is -2.07. The molecule has 0 saturated carbocycles. The molecule has 0 saturated heterocycles. The van der Waals surface area contributed by atoms with E-state index in [1.165, 1.54) is 6.21 Å². The van der Waals surface area contributed by atoms with Crippen molar-refractivity contribution in [3.63, 3.8) is 0 Å². The Labute approximate surface area is 49.6 Å². The van der Waals surface area contributed by atoms with Gasteiger partial charge in [-0.2, -0.15) is 5.26 Å². The van der Waals surface area contributed by atoms with Gasteiger partial charge in [-0.15, -0.1) is 0 Å². The number of nitrogens with zero attached hydrogens (tertiary/aromatic N) is 1. The summed E-state index contributed by atoms with van der Waals surface area (Å²) in [6.07, 6.45) is 1.81. The highest BCUT2D eigenvalue weighted by Gasteiger charge is 2.13. The van der Waals surface area contributed by atoms with E-state index >= 15 is 0 Å². The highest BCUT2D eigenvalue weighted by molar-refractivity contribution is 5.54. The van der Waals surface area contributed by atoms with E-state index in [4.69, 9.17) is 10.7 Å². The molecular weight excluding hydrogens is 100 g/mol. The first-order valence-corrected chi connectivity index (χ1v) is 2.52. The van der Waals surface area contributed by atoms with Gasteiger partial charge in [0.05, 0.1) is 11.5 Å². The summed E-state index contributed by atoms with van der Waals surface area (Å²) in [5.41, 5.74) is -0.345. The standard InChI is InChI=1S/C6H10N2/c1-6(2,5-8)3-4-7/h4,7H,3H2,1-2H3. The van der Waals surface area contributed by atoms with Crippen LogP contribution < -0.4 is 0 Å². The monoisotopic (exact) mass is 110 g/mol. The average Bonchev–Trinajstić information content (AvgIpc) is 1.67. The second-order valence-corrected chi connectivity index (χ2v) is 2.40. The van der Waals surface area contributed by atoms with Gasteiger partial charge in [-0.05, 0) is 20.1 Å². The highest BCUT2D eigenvalue weighted by atomic mass is 14.4. The smallest absolute Gasteiger partial charge is 0.0687 e. The Bertz CT molecular complexity index is 119. The van der Waals surface area contributed by atoms with E-state index in [0.717, 1.165) is 0 Å². The SMILES string of the molecule is CC(C)(C#N)CC=N. The maximum absolute atomic E-state index is 8.37. The summed E-state index contributed by atoms with van der Waals surface area (Å²) in [6.45, 7) is 3.64. The maximum atomic E-state index is 8.37. The molecule has 0 unspecified atom stereocenters. The molecule has 8 heavy (non-hydrogen) atoms. The average molecular weight is 110 g/mol. The molecule has 0 aromatic carbocycles. The summed E-state index contributed by atoms with van der Waals surface area (Å²) in [5, 5.41) is 15.1. The molecule has 0 aliphatic rings. The zero-order valence-electron chi connectivity index (χ0n) is 5.23. The lowest BCUT2D eigenvalue weighted by atomic mass is 9.92. The van der Waals surface area contributed by atoms with Crippen molar-refractivity contribution in [3.05, 3.63) is 0 Å². The quantitative estimate of drug-likeness (QED) is 0.539. The summed E-state index contributed by atoms with van der Waals surface area (Å²) in [4.78, 5) is 0. The first kappa shape index (κ1) is 7.16. The predicted octanol–water partition coefficient (Wildman–Crippen LogP) is 1.58. The van der Waals surface area contributed by atoms with Crippen LogP contribution in [-0.4, -0.2) is 6.21 Å². The molecule has 2 heteroatoms. The lowest BCUT2D eigenvalue weighted by molar-refractivity contribution is 0.524. The molecule has 0 bridgehead atoms. The third kappa shape index (κ3) is 2.35. The van der Waals surface area contributed by atoms with E-state index in [-0.39, 0.29) is 5.41 Å². The number of nitriles is 1. The van der Waals surface area contributed by atoms with E-state index in [2.05, 4.69) is 6.07 Å². The zero-order chi connectivity index (χ0) is 6.62. The fourth-order valence-corrected chi connectivity index (χ4v) is 0.301. The maximum Gasteiger partial charge on any atom is 0.0687 e. The van der Waals surface area contributed by atoms with Gasteiger partial charge in [0.1, 0.15) is 0 Å². The summed E-state index contributed by atoms with van der Waals surface area (Å²) in [5.74, 6) is 0. The van der Waals surface area contributed by atoms with E-state index in [1.54, 1.807) is 0 Å². The minimum absolute atomic E-state index is 0.345. The van der Waals surface area contributed by atoms with Crippen LogP contribution in [0.5, 0.6) is 0 Å². The highest BCUT2D eigenvalue weighted by Crippen LogP contribution is 2.15. The molecule has 0 atom stereocenters. The summed E-state index contributed by atoms with van der Waals surface area (Å²) < 4.78 is 0. The number of rotatable bonds is 2. The lowest BCUT2D eigenvalue weighted by Gasteiger charge is -2.08. The van der Waals surface area contributed by atoms with E-state index in [1.807, 2.05) is 13.8 Å². The summed E-state index contributed by atoms with van der Waals surface area (Å²) in [6, 6.07) is 2.09. The molecule has 1 N–H and O–H groups in total. The number of hydrogen-bond donors (Lipinski definition) is 1. The van der Waals surface area contributed by atoms with Crippen LogP contribution in [0.4, 0.5) is 0 Å². The van der Waals surface area contributed by atoms with Crippen LogP contribution in [0.15, 0.2) is 0 Å². The Balaban J connectivity index is 3.76. The van der Waals surface area contributed by atoms with Crippen LogP contribution >= 0.6 is 0 Å². The van der Waals surface area contributed by atoms with Crippen LogP contribution in [0.25, 0.3) is 0 Å². The zero-order valence-corrected chi connectivity index (χ0v) is 5.23. The van der Waals surface area contributed by atoms with Gasteiger partial charge in [0, 0.05) is 6.42 Å². The molecule has 0 aliphatic carbocycles. The van der Waals surface area contributed by atoms with Gasteiger partial charge >= 0.3 is 0 Å². The minimum atomic E-state index is -0.345. The van der Waals surface area contributed by atoms with Gasteiger partial charge in [-0.1, -0.05) is 0 Å². The first-order valence-electron chi connectivity index (χ1n) is 2.52. The van der Waals surface area contributed by atoms with Crippen molar-refractivity contribution in [2.24, 2.45) is 5.41 Å². The van der Waals surface area contributed by atoms with Crippen molar-refractivity contribution in [1.82, 2.24) is 0 Å². The summed E-state index contributed by atoms with van der Waals surface area (Å²) in [7, 11) is 0. The molecule has 0 heterocycles. The molecule has 0 aliphatic heterocycles. The van der Waals surface area contributed by atoms with Crippen LogP contribution in [0.3, 0.4) is 0 Å². The van der Waals surface area contributed by atoms with Crippen molar-refractivity contribution in [1.29, 1.82) is 10.7 Å². The Kier molecular flexibility index (Phi) is 2.20. The van der Waals surface area contributed by atoms with Crippen LogP contribution in [-0.2, 0) is 0 Å². The van der Waals surface area contributed by atoms with Gasteiger partial charge < -0.3 is 5.41 Å². The van der Waals surface area contributed by atoms with Gasteiger partial charge in [-0.25, -0.2) is 0 Å². The van der Waals surface area contributed by atoms with Crippen molar-refractivity contribution in [3.8, 4) is 6.07 Å². The molecule has 0 radical (unpaired) electrons. The third-order valence-electron chi connectivity index (χ3n) is 0.915. The number of hydrogen-bond acceptors (Lipinski definition) is 2. The number of nitrogens with one attached hydrogen (secondary N) is 1. The van der Waals surface area contributed by atoms with Gasteiger partial charge in [-0.3, -0.25) is 0 Å². The molecular formula is C6H10N2. The van der Waals surface area contributed by atoms with Crippen LogP contribution in [0.1, 0.15) is 20.3 Å². The van der Waals surface area contributed by atoms with Crippen molar-refractivity contribution in [2.75, 3.05) is 0 Å². The van der Waals surface area contributed by atoms with Crippen LogP contribution in [0.2, 0.25) is 0 Å². The van der Waals surface area contributed by atoms with Crippen LogP contribution in [0, 0.1) is 22.2 Å². The molecule has 0 aromatic heterocycles. The molecule has 0 fully saturated rings. The fourth-order valence-electron chi connectivity index (χ4n) is 0.301. The minimum Gasteiger partial charge on any atom is -0.313 e. The normalized spacial score (nSPS) is 10.1. The largest absolute Gasteiger partial charge is 0.313 e.